The van der Waals surface area contributed by atoms with Crippen molar-refractivity contribution in [3.8, 4) is 0 Å². The number of carbonyl (C=O) groups is 1. The molecule has 0 saturated heterocycles. The lowest BCUT2D eigenvalue weighted by Gasteiger charge is -2.34. The average Bonchev–Trinajstić information content (AvgIpc) is 2.30. The van der Waals surface area contributed by atoms with E-state index in [1.807, 2.05) is 0 Å². The number of para-hydroxylation sites is 1. The fourth-order valence-electron chi connectivity index (χ4n) is 2.25. The molecule has 0 unspecified atom stereocenters. The molecule has 98 valence electrons. The van der Waals surface area contributed by atoms with Crippen LogP contribution in [-0.4, -0.2) is 35.6 Å². The molecule has 0 radical (unpaired) electrons. The van der Waals surface area contributed by atoms with Crippen LogP contribution in [0.1, 0.15) is 23.2 Å². The number of carbonyl (C=O) groups excluding carboxylic acids is 1. The topological polar surface area (TPSA) is 66.6 Å². The van der Waals surface area contributed by atoms with E-state index in [-0.39, 0.29) is 23.3 Å². The smallest absolute Gasteiger partial charge is 0.255 e. The number of rotatable bonds is 3. The third kappa shape index (κ3) is 2.46. The van der Waals surface area contributed by atoms with Crippen molar-refractivity contribution in [3.63, 3.8) is 0 Å². The second kappa shape index (κ2) is 4.94. The highest BCUT2D eigenvalue weighted by Gasteiger charge is 2.29. The van der Waals surface area contributed by atoms with E-state index in [1.165, 1.54) is 23.1 Å². The second-order valence-electron chi connectivity index (χ2n) is 4.88. The molecular weight excluding hydrogens is 235 g/mol. The monoisotopic (exact) mass is 252 g/mol. The van der Waals surface area contributed by atoms with Crippen LogP contribution in [0.4, 0.5) is 10.1 Å². The Bertz CT molecular complexity index is 458. The molecule has 1 aromatic carbocycles. The number of benzene rings is 1. The van der Waals surface area contributed by atoms with E-state index < -0.39 is 5.82 Å². The van der Waals surface area contributed by atoms with Crippen molar-refractivity contribution in [2.24, 2.45) is 5.92 Å². The van der Waals surface area contributed by atoms with Gasteiger partial charge in [-0.1, -0.05) is 6.07 Å². The van der Waals surface area contributed by atoms with Gasteiger partial charge in [0.2, 0.25) is 0 Å². The molecule has 1 fully saturated rings. The summed E-state index contributed by atoms with van der Waals surface area (Å²) in [5.74, 6) is -0.537. The lowest BCUT2D eigenvalue weighted by molar-refractivity contribution is 0.0265. The van der Waals surface area contributed by atoms with Crippen LogP contribution >= 0.6 is 0 Å². The zero-order valence-electron chi connectivity index (χ0n) is 10.3. The van der Waals surface area contributed by atoms with Crippen molar-refractivity contribution in [2.45, 2.75) is 18.9 Å². The summed E-state index contributed by atoms with van der Waals surface area (Å²) in [4.78, 5) is 13.6. The summed E-state index contributed by atoms with van der Waals surface area (Å²) in [6.07, 6.45) is 1.20. The van der Waals surface area contributed by atoms with Crippen LogP contribution < -0.4 is 5.73 Å². The van der Waals surface area contributed by atoms with E-state index in [2.05, 4.69) is 0 Å². The van der Waals surface area contributed by atoms with Gasteiger partial charge in [0, 0.05) is 13.6 Å². The molecule has 1 saturated carbocycles. The molecule has 0 spiro atoms. The second-order valence-corrected chi connectivity index (χ2v) is 4.88. The minimum absolute atomic E-state index is 0.108. The Labute approximate surface area is 105 Å². The van der Waals surface area contributed by atoms with Crippen molar-refractivity contribution < 1.29 is 14.3 Å². The SMILES string of the molecule is CN(CC1CC(O)C1)C(=O)c1cccc(F)c1N. The molecular formula is C13H17FN2O2. The highest BCUT2D eigenvalue weighted by atomic mass is 19.1. The van der Waals surface area contributed by atoms with Crippen LogP contribution in [0.3, 0.4) is 0 Å². The standard InChI is InChI=1S/C13H17FN2O2/c1-16(7-8-5-9(17)6-8)13(18)10-3-2-4-11(14)12(10)15/h2-4,8-9,17H,5-7,15H2,1H3. The number of nitrogens with two attached hydrogens (primary N) is 1. The maximum Gasteiger partial charge on any atom is 0.255 e. The molecule has 3 N–H and O–H groups in total. The summed E-state index contributed by atoms with van der Waals surface area (Å²) in [5.41, 5.74) is 5.64. The van der Waals surface area contributed by atoms with E-state index in [1.54, 1.807) is 7.05 Å². The predicted molar refractivity (Wildman–Crippen MR) is 66.5 cm³/mol. The van der Waals surface area contributed by atoms with E-state index in [0.29, 0.717) is 12.5 Å². The molecule has 0 bridgehead atoms. The zero-order chi connectivity index (χ0) is 13.3. The number of aliphatic hydroxyl groups excluding tert-OH is 1. The van der Waals surface area contributed by atoms with Crippen molar-refractivity contribution >= 4 is 11.6 Å². The van der Waals surface area contributed by atoms with Crippen molar-refractivity contribution in [1.29, 1.82) is 0 Å². The molecule has 0 aliphatic heterocycles. The quantitative estimate of drug-likeness (QED) is 0.796. The minimum Gasteiger partial charge on any atom is -0.396 e. The van der Waals surface area contributed by atoms with Crippen LogP contribution in [0.25, 0.3) is 0 Å². The van der Waals surface area contributed by atoms with Gasteiger partial charge in [-0.3, -0.25) is 4.79 Å². The Balaban J connectivity index is 2.04. The Morgan fingerprint density at radius 1 is 1.56 bits per heavy atom. The molecule has 18 heavy (non-hydrogen) atoms. The van der Waals surface area contributed by atoms with Gasteiger partial charge in [0.1, 0.15) is 5.82 Å². The molecule has 0 atom stereocenters. The summed E-state index contributed by atoms with van der Waals surface area (Å²) in [7, 11) is 1.66. The van der Waals surface area contributed by atoms with Gasteiger partial charge in [0.05, 0.1) is 17.4 Å². The van der Waals surface area contributed by atoms with Crippen LogP contribution in [-0.2, 0) is 0 Å². The van der Waals surface area contributed by atoms with Crippen LogP contribution in [0.2, 0.25) is 0 Å². The summed E-state index contributed by atoms with van der Waals surface area (Å²) in [6.45, 7) is 0.561. The molecule has 1 aliphatic carbocycles. The molecule has 0 aromatic heterocycles. The lowest BCUT2D eigenvalue weighted by Crippen LogP contribution is -2.39. The van der Waals surface area contributed by atoms with Gasteiger partial charge in [-0.05, 0) is 30.9 Å². The van der Waals surface area contributed by atoms with Gasteiger partial charge >= 0.3 is 0 Å². The van der Waals surface area contributed by atoms with Crippen molar-refractivity contribution in [1.82, 2.24) is 4.90 Å². The molecule has 5 heteroatoms. The van der Waals surface area contributed by atoms with Crippen LogP contribution in [0.15, 0.2) is 18.2 Å². The number of amides is 1. The van der Waals surface area contributed by atoms with Crippen LogP contribution in [0, 0.1) is 11.7 Å². The first-order valence-electron chi connectivity index (χ1n) is 5.96. The Morgan fingerprint density at radius 3 is 2.83 bits per heavy atom. The third-order valence-corrected chi connectivity index (χ3v) is 3.37. The number of hydrogen-bond donors (Lipinski definition) is 2. The maximum absolute atomic E-state index is 13.3. The van der Waals surface area contributed by atoms with Gasteiger partial charge < -0.3 is 15.7 Å². The number of nitrogens with zero attached hydrogens (tertiary/aromatic N) is 1. The minimum atomic E-state index is -0.576. The molecule has 1 aliphatic rings. The van der Waals surface area contributed by atoms with Gasteiger partial charge in [0.15, 0.2) is 0 Å². The van der Waals surface area contributed by atoms with Gasteiger partial charge in [0.25, 0.3) is 5.91 Å². The molecule has 0 heterocycles. The highest BCUT2D eigenvalue weighted by molar-refractivity contribution is 5.99. The summed E-state index contributed by atoms with van der Waals surface area (Å²) in [6, 6.07) is 4.22. The molecule has 4 nitrogen and oxygen atoms in total. The van der Waals surface area contributed by atoms with E-state index in [0.717, 1.165) is 12.8 Å². The molecule has 2 rings (SSSR count). The summed E-state index contributed by atoms with van der Waals surface area (Å²) >= 11 is 0. The Morgan fingerprint density at radius 2 is 2.22 bits per heavy atom. The first-order valence-corrected chi connectivity index (χ1v) is 5.96. The van der Waals surface area contributed by atoms with Gasteiger partial charge in [-0.15, -0.1) is 0 Å². The number of anilines is 1. The van der Waals surface area contributed by atoms with Crippen molar-refractivity contribution in [3.05, 3.63) is 29.6 Å². The maximum atomic E-state index is 13.3. The van der Waals surface area contributed by atoms with Gasteiger partial charge in [-0.25, -0.2) is 4.39 Å². The number of halogens is 1. The Hall–Kier alpha value is -1.62. The number of nitrogen functional groups attached to an aromatic ring is 1. The largest absolute Gasteiger partial charge is 0.396 e. The highest BCUT2D eigenvalue weighted by Crippen LogP contribution is 2.28. The van der Waals surface area contributed by atoms with Crippen LogP contribution in [0.5, 0.6) is 0 Å². The summed E-state index contributed by atoms with van der Waals surface area (Å²) in [5, 5.41) is 9.19. The lowest BCUT2D eigenvalue weighted by atomic mass is 9.82. The van der Waals surface area contributed by atoms with E-state index in [9.17, 15) is 14.3 Å². The average molecular weight is 252 g/mol. The fourth-order valence-corrected chi connectivity index (χ4v) is 2.25. The molecule has 1 aromatic rings. The number of aliphatic hydroxyl groups is 1. The fraction of sp³-hybridized carbons (Fsp3) is 0.462. The zero-order valence-corrected chi connectivity index (χ0v) is 10.3. The molecule has 1 amide bonds. The van der Waals surface area contributed by atoms with E-state index >= 15 is 0 Å². The first-order chi connectivity index (χ1) is 8.49. The summed E-state index contributed by atoms with van der Waals surface area (Å²) < 4.78 is 13.3. The van der Waals surface area contributed by atoms with Crippen molar-refractivity contribution in [2.75, 3.05) is 19.3 Å². The third-order valence-electron chi connectivity index (χ3n) is 3.37. The van der Waals surface area contributed by atoms with Gasteiger partial charge in [-0.2, -0.15) is 0 Å². The number of hydrogen-bond acceptors (Lipinski definition) is 3. The Kier molecular flexibility index (Phi) is 3.52. The first kappa shape index (κ1) is 12.8. The predicted octanol–water partition coefficient (Wildman–Crippen LogP) is 1.25. The van der Waals surface area contributed by atoms with E-state index in [4.69, 9.17) is 5.73 Å². The normalized spacial score (nSPS) is 22.4.